The fourth-order valence-electron chi connectivity index (χ4n) is 3.21. The molecule has 1 fully saturated rings. The van der Waals surface area contributed by atoms with Gasteiger partial charge in [-0.1, -0.05) is 32.4 Å². The molecule has 0 aliphatic heterocycles. The maximum absolute atomic E-state index is 6.40. The van der Waals surface area contributed by atoms with Gasteiger partial charge in [-0.25, -0.2) is 0 Å². The quantitative estimate of drug-likeness (QED) is 0.868. The highest BCUT2D eigenvalue weighted by atomic mass is 16.5. The van der Waals surface area contributed by atoms with Crippen LogP contribution < -0.4 is 10.1 Å². The van der Waals surface area contributed by atoms with E-state index in [-0.39, 0.29) is 0 Å². The number of hydrogen-bond acceptors (Lipinski definition) is 2. The molecule has 0 radical (unpaired) electrons. The molecule has 0 spiro atoms. The van der Waals surface area contributed by atoms with Gasteiger partial charge in [0.15, 0.2) is 0 Å². The second kappa shape index (κ2) is 7.12. The van der Waals surface area contributed by atoms with E-state index < -0.39 is 0 Å². The van der Waals surface area contributed by atoms with Gasteiger partial charge in [0.05, 0.1) is 0 Å². The zero-order chi connectivity index (χ0) is 14.5. The molecule has 0 heterocycles. The number of hydrogen-bond donors (Lipinski definition) is 1. The van der Waals surface area contributed by atoms with Crippen molar-refractivity contribution in [2.24, 2.45) is 5.92 Å². The number of likely N-dealkylation sites (N-methyl/N-ethyl adjacent to an activating group) is 1. The molecule has 0 amide bonds. The molecule has 2 rings (SSSR count). The summed E-state index contributed by atoms with van der Waals surface area (Å²) in [6.07, 6.45) is 5.34. The van der Waals surface area contributed by atoms with Gasteiger partial charge in [0.1, 0.15) is 11.9 Å². The van der Waals surface area contributed by atoms with Gasteiger partial charge in [-0.2, -0.15) is 0 Å². The minimum atomic E-state index is 0.314. The van der Waals surface area contributed by atoms with Crippen molar-refractivity contribution in [3.05, 3.63) is 29.3 Å². The van der Waals surface area contributed by atoms with E-state index in [4.69, 9.17) is 4.74 Å². The first-order valence-electron chi connectivity index (χ1n) is 8.11. The highest BCUT2D eigenvalue weighted by Gasteiger charge is 2.31. The largest absolute Gasteiger partial charge is 0.489 e. The summed E-state index contributed by atoms with van der Waals surface area (Å²) in [4.78, 5) is 0. The number of nitrogens with one attached hydrogen (secondary N) is 1. The van der Waals surface area contributed by atoms with Crippen LogP contribution in [0.5, 0.6) is 5.75 Å². The van der Waals surface area contributed by atoms with E-state index in [2.05, 4.69) is 51.2 Å². The van der Waals surface area contributed by atoms with Crippen LogP contribution in [0.15, 0.2) is 18.2 Å². The number of aryl methyl sites for hydroxylation is 2. The molecule has 1 aromatic carbocycles. The van der Waals surface area contributed by atoms with Crippen molar-refractivity contribution in [3.8, 4) is 5.75 Å². The van der Waals surface area contributed by atoms with E-state index in [1.165, 1.54) is 36.8 Å². The van der Waals surface area contributed by atoms with Crippen LogP contribution in [0, 0.1) is 19.8 Å². The molecule has 112 valence electrons. The van der Waals surface area contributed by atoms with Crippen LogP contribution in [0.1, 0.15) is 50.7 Å². The smallest absolute Gasteiger partial charge is 0.122 e. The minimum Gasteiger partial charge on any atom is -0.489 e. The fourth-order valence-corrected chi connectivity index (χ4v) is 3.21. The minimum absolute atomic E-state index is 0.314. The number of rotatable bonds is 5. The topological polar surface area (TPSA) is 21.3 Å². The van der Waals surface area contributed by atoms with Crippen LogP contribution in [0.25, 0.3) is 0 Å². The van der Waals surface area contributed by atoms with Crippen LogP contribution >= 0.6 is 0 Å². The Morgan fingerprint density at radius 2 is 2.00 bits per heavy atom. The molecule has 2 nitrogen and oxygen atoms in total. The Hall–Kier alpha value is -1.02. The van der Waals surface area contributed by atoms with Crippen molar-refractivity contribution >= 4 is 0 Å². The van der Waals surface area contributed by atoms with Crippen LogP contribution in [-0.4, -0.2) is 18.7 Å². The van der Waals surface area contributed by atoms with Gasteiger partial charge in [0.2, 0.25) is 0 Å². The van der Waals surface area contributed by atoms with E-state index in [0.29, 0.717) is 12.1 Å². The predicted molar refractivity (Wildman–Crippen MR) is 85.4 cm³/mol. The molecule has 2 heteroatoms. The van der Waals surface area contributed by atoms with E-state index >= 15 is 0 Å². The average Bonchev–Trinajstić information content (AvgIpc) is 2.45. The molecule has 3 unspecified atom stereocenters. The Labute approximate surface area is 123 Å². The third-order valence-corrected chi connectivity index (χ3v) is 4.57. The third kappa shape index (κ3) is 3.76. The van der Waals surface area contributed by atoms with E-state index in [1.54, 1.807) is 0 Å². The lowest BCUT2D eigenvalue weighted by Gasteiger charge is -2.36. The molecule has 0 saturated heterocycles. The highest BCUT2D eigenvalue weighted by molar-refractivity contribution is 5.36. The van der Waals surface area contributed by atoms with Gasteiger partial charge in [0, 0.05) is 6.04 Å². The summed E-state index contributed by atoms with van der Waals surface area (Å²) >= 11 is 0. The first-order chi connectivity index (χ1) is 9.63. The van der Waals surface area contributed by atoms with Crippen molar-refractivity contribution < 1.29 is 4.74 Å². The summed E-state index contributed by atoms with van der Waals surface area (Å²) < 4.78 is 6.40. The highest BCUT2D eigenvalue weighted by Crippen LogP contribution is 2.31. The maximum atomic E-state index is 6.40. The SMILES string of the molecule is CCNC1CCC(CC)CC1Oc1cc(C)ccc1C. The molecule has 1 aliphatic carbocycles. The van der Waals surface area contributed by atoms with E-state index in [1.807, 2.05) is 0 Å². The van der Waals surface area contributed by atoms with Crippen molar-refractivity contribution in [2.45, 2.75) is 65.5 Å². The van der Waals surface area contributed by atoms with Gasteiger partial charge in [-0.15, -0.1) is 0 Å². The van der Waals surface area contributed by atoms with Crippen LogP contribution in [0.4, 0.5) is 0 Å². The number of benzene rings is 1. The summed E-state index contributed by atoms with van der Waals surface area (Å²) in [7, 11) is 0. The van der Waals surface area contributed by atoms with Crippen LogP contribution in [0.2, 0.25) is 0 Å². The van der Waals surface area contributed by atoms with Gasteiger partial charge in [-0.05, 0) is 62.8 Å². The van der Waals surface area contributed by atoms with Crippen molar-refractivity contribution in [3.63, 3.8) is 0 Å². The molecule has 3 atom stereocenters. The molecular weight excluding hydrogens is 246 g/mol. The summed E-state index contributed by atoms with van der Waals surface area (Å²) in [5.74, 6) is 1.88. The first-order valence-corrected chi connectivity index (χ1v) is 8.11. The summed E-state index contributed by atoms with van der Waals surface area (Å²) in [6.45, 7) is 9.77. The molecule has 1 saturated carbocycles. The monoisotopic (exact) mass is 275 g/mol. The van der Waals surface area contributed by atoms with Gasteiger partial charge in [0.25, 0.3) is 0 Å². The average molecular weight is 275 g/mol. The predicted octanol–water partition coefficient (Wildman–Crippen LogP) is 4.24. The van der Waals surface area contributed by atoms with E-state index in [0.717, 1.165) is 18.2 Å². The molecule has 1 N–H and O–H groups in total. The first kappa shape index (κ1) is 15.4. The Bertz CT molecular complexity index is 429. The Morgan fingerprint density at radius 3 is 2.70 bits per heavy atom. The zero-order valence-electron chi connectivity index (χ0n) is 13.4. The standard InChI is InChI=1S/C18H29NO/c1-5-15-9-10-16(19-6-2)18(12-15)20-17-11-13(3)7-8-14(17)4/h7-8,11,15-16,18-19H,5-6,9-10,12H2,1-4H3. The molecule has 0 aromatic heterocycles. The Morgan fingerprint density at radius 1 is 1.20 bits per heavy atom. The number of ether oxygens (including phenoxy) is 1. The van der Waals surface area contributed by atoms with Gasteiger partial charge >= 0.3 is 0 Å². The van der Waals surface area contributed by atoms with Crippen LogP contribution in [-0.2, 0) is 0 Å². The zero-order valence-corrected chi connectivity index (χ0v) is 13.4. The fraction of sp³-hybridized carbons (Fsp3) is 0.667. The summed E-state index contributed by atoms with van der Waals surface area (Å²) in [5, 5.41) is 3.61. The lowest BCUT2D eigenvalue weighted by Crippen LogP contribution is -2.47. The van der Waals surface area contributed by atoms with Gasteiger partial charge < -0.3 is 10.1 Å². The molecule has 1 aliphatic rings. The second-order valence-electron chi connectivity index (χ2n) is 6.18. The second-order valence-corrected chi connectivity index (χ2v) is 6.18. The lowest BCUT2D eigenvalue weighted by molar-refractivity contribution is 0.0850. The van der Waals surface area contributed by atoms with Crippen LogP contribution in [0.3, 0.4) is 0 Å². The molecule has 20 heavy (non-hydrogen) atoms. The Balaban J connectivity index is 2.11. The van der Waals surface area contributed by atoms with Crippen molar-refractivity contribution in [2.75, 3.05) is 6.54 Å². The molecule has 1 aromatic rings. The van der Waals surface area contributed by atoms with E-state index in [9.17, 15) is 0 Å². The maximum Gasteiger partial charge on any atom is 0.122 e. The van der Waals surface area contributed by atoms with Crippen molar-refractivity contribution in [1.82, 2.24) is 5.32 Å². The van der Waals surface area contributed by atoms with Gasteiger partial charge in [-0.3, -0.25) is 0 Å². The summed E-state index contributed by atoms with van der Waals surface area (Å²) in [5.41, 5.74) is 2.51. The normalized spacial score (nSPS) is 26.5. The Kier molecular flexibility index (Phi) is 5.47. The third-order valence-electron chi connectivity index (χ3n) is 4.57. The van der Waals surface area contributed by atoms with Crippen molar-refractivity contribution in [1.29, 1.82) is 0 Å². The molecular formula is C18H29NO. The lowest BCUT2D eigenvalue weighted by atomic mass is 9.82. The molecule has 0 bridgehead atoms. The summed E-state index contributed by atoms with van der Waals surface area (Å²) in [6, 6.07) is 6.99.